The van der Waals surface area contributed by atoms with Gasteiger partial charge in [-0.15, -0.1) is 0 Å². The van der Waals surface area contributed by atoms with Gasteiger partial charge in [-0.1, -0.05) is 29.5 Å². The van der Waals surface area contributed by atoms with Crippen LogP contribution in [0.15, 0.2) is 70.2 Å². The number of aromatic nitrogens is 1. The van der Waals surface area contributed by atoms with Gasteiger partial charge in [0.2, 0.25) is 15.9 Å². The highest BCUT2D eigenvalue weighted by Crippen LogP contribution is 2.36. The van der Waals surface area contributed by atoms with E-state index in [0.29, 0.717) is 41.6 Å². The minimum Gasteiger partial charge on any atom is -0.492 e. The second-order valence-corrected chi connectivity index (χ2v) is 11.6. The molecule has 1 amide bonds. The van der Waals surface area contributed by atoms with Crippen molar-refractivity contribution in [1.29, 1.82) is 0 Å². The Balaban J connectivity index is 1.38. The van der Waals surface area contributed by atoms with Gasteiger partial charge in [0.05, 0.1) is 24.1 Å². The maximum absolute atomic E-state index is 14.2. The van der Waals surface area contributed by atoms with Crippen LogP contribution in [0.5, 0.6) is 5.75 Å². The van der Waals surface area contributed by atoms with Crippen molar-refractivity contribution in [2.75, 3.05) is 24.6 Å². The molecule has 0 N–H and O–H groups in total. The summed E-state index contributed by atoms with van der Waals surface area (Å²) in [4.78, 5) is 19.8. The van der Waals surface area contributed by atoms with Crippen LogP contribution < -0.4 is 9.64 Å². The highest BCUT2D eigenvalue weighted by Gasteiger charge is 2.36. The van der Waals surface area contributed by atoms with Crippen LogP contribution >= 0.6 is 11.3 Å². The summed E-state index contributed by atoms with van der Waals surface area (Å²) in [7, 11) is -3.99. The Morgan fingerprint density at radius 2 is 1.95 bits per heavy atom. The molecule has 0 aliphatic carbocycles. The van der Waals surface area contributed by atoms with E-state index in [2.05, 4.69) is 0 Å². The van der Waals surface area contributed by atoms with Gasteiger partial charge in [0.1, 0.15) is 27.7 Å². The predicted octanol–water partition coefficient (Wildman–Crippen LogP) is 5.06. The number of furan rings is 1. The average molecular weight is 544 g/mol. The largest absolute Gasteiger partial charge is 0.492 e. The average Bonchev–Trinajstić information content (AvgIpc) is 3.58. The molecule has 5 rings (SSSR count). The van der Waals surface area contributed by atoms with Crippen molar-refractivity contribution in [2.24, 2.45) is 5.92 Å². The molecule has 2 aromatic carbocycles. The van der Waals surface area contributed by atoms with Gasteiger partial charge in [-0.25, -0.2) is 17.8 Å². The van der Waals surface area contributed by atoms with E-state index < -0.39 is 21.8 Å². The number of thiazole rings is 1. The number of carbonyl (C=O) groups excluding carboxylic acids is 1. The van der Waals surface area contributed by atoms with Crippen LogP contribution in [0.3, 0.4) is 0 Å². The molecular weight excluding hydrogens is 517 g/mol. The van der Waals surface area contributed by atoms with Gasteiger partial charge in [0.25, 0.3) is 0 Å². The normalized spacial score (nSPS) is 15.2. The first-order valence-electron chi connectivity index (χ1n) is 12.0. The van der Waals surface area contributed by atoms with Crippen LogP contribution in [0, 0.1) is 11.7 Å². The van der Waals surface area contributed by atoms with Gasteiger partial charge in [-0.2, -0.15) is 4.31 Å². The van der Waals surface area contributed by atoms with E-state index in [1.165, 1.54) is 33.8 Å². The number of sulfonamides is 1. The molecule has 3 heterocycles. The van der Waals surface area contributed by atoms with Crippen LogP contribution in [0.2, 0.25) is 0 Å². The van der Waals surface area contributed by atoms with E-state index in [1.807, 2.05) is 25.1 Å². The maximum atomic E-state index is 14.2. The summed E-state index contributed by atoms with van der Waals surface area (Å²) in [5.41, 5.74) is 0.687. The van der Waals surface area contributed by atoms with Crippen LogP contribution in [0.25, 0.3) is 10.2 Å². The first kappa shape index (κ1) is 25.4. The van der Waals surface area contributed by atoms with E-state index in [1.54, 1.807) is 23.3 Å². The third kappa shape index (κ3) is 5.11. The van der Waals surface area contributed by atoms with Gasteiger partial charge in [-0.3, -0.25) is 9.69 Å². The number of amides is 1. The Bertz CT molecular complexity index is 1500. The van der Waals surface area contributed by atoms with Crippen molar-refractivity contribution in [2.45, 2.75) is 31.2 Å². The number of piperidine rings is 1. The van der Waals surface area contributed by atoms with Gasteiger partial charge >= 0.3 is 0 Å². The fourth-order valence-corrected chi connectivity index (χ4v) is 6.98. The molecule has 0 bridgehead atoms. The van der Waals surface area contributed by atoms with E-state index in [0.717, 1.165) is 10.8 Å². The Morgan fingerprint density at radius 1 is 1.16 bits per heavy atom. The molecule has 1 saturated heterocycles. The molecule has 37 heavy (non-hydrogen) atoms. The number of nitrogens with zero attached hydrogens (tertiary/aromatic N) is 3. The minimum absolute atomic E-state index is 0.121. The Kier molecular flexibility index (Phi) is 7.27. The molecule has 1 aliphatic rings. The van der Waals surface area contributed by atoms with E-state index in [-0.39, 0.29) is 30.4 Å². The molecule has 0 saturated carbocycles. The molecule has 0 radical (unpaired) electrons. The van der Waals surface area contributed by atoms with Crippen molar-refractivity contribution in [3.05, 3.63) is 72.4 Å². The molecule has 11 heteroatoms. The van der Waals surface area contributed by atoms with Gasteiger partial charge in [0, 0.05) is 19.0 Å². The highest BCUT2D eigenvalue weighted by atomic mass is 32.2. The smallest absolute Gasteiger partial charge is 0.245 e. The molecule has 1 fully saturated rings. The van der Waals surface area contributed by atoms with Crippen molar-refractivity contribution in [3.8, 4) is 5.75 Å². The lowest BCUT2D eigenvalue weighted by Crippen LogP contribution is -2.44. The molecule has 194 valence electrons. The second kappa shape index (κ2) is 10.6. The number of para-hydroxylation sites is 1. The zero-order chi connectivity index (χ0) is 26.0. The summed E-state index contributed by atoms with van der Waals surface area (Å²) >= 11 is 1.39. The third-order valence-electron chi connectivity index (χ3n) is 6.32. The number of rotatable bonds is 8. The minimum atomic E-state index is -3.99. The van der Waals surface area contributed by atoms with Gasteiger partial charge in [-0.05, 0) is 56.2 Å². The van der Waals surface area contributed by atoms with Gasteiger partial charge < -0.3 is 9.15 Å². The Labute approximate surface area is 218 Å². The molecule has 1 aliphatic heterocycles. The highest BCUT2D eigenvalue weighted by molar-refractivity contribution is 7.89. The number of benzene rings is 2. The quantitative estimate of drug-likeness (QED) is 0.308. The van der Waals surface area contributed by atoms with E-state index in [4.69, 9.17) is 14.1 Å². The number of hydrogen-bond acceptors (Lipinski definition) is 7. The number of halogens is 1. The Morgan fingerprint density at radius 3 is 2.65 bits per heavy atom. The summed E-state index contributed by atoms with van der Waals surface area (Å²) in [5, 5.41) is 0.518. The predicted molar refractivity (Wildman–Crippen MR) is 139 cm³/mol. The van der Waals surface area contributed by atoms with Crippen LogP contribution in [-0.2, 0) is 21.4 Å². The molecular formula is C26H26FN3O5S2. The first-order valence-corrected chi connectivity index (χ1v) is 14.2. The van der Waals surface area contributed by atoms with Gasteiger partial charge in [0.15, 0.2) is 5.13 Å². The first-order chi connectivity index (χ1) is 17.9. The van der Waals surface area contributed by atoms with Crippen LogP contribution in [-0.4, -0.2) is 43.3 Å². The van der Waals surface area contributed by atoms with E-state index in [9.17, 15) is 17.6 Å². The Hall–Kier alpha value is -3.28. The lowest BCUT2D eigenvalue weighted by Gasteiger charge is -2.32. The summed E-state index contributed by atoms with van der Waals surface area (Å²) in [6.07, 6.45) is 2.18. The maximum Gasteiger partial charge on any atom is 0.245 e. The van der Waals surface area contributed by atoms with Crippen LogP contribution in [0.4, 0.5) is 9.52 Å². The number of hydrogen-bond donors (Lipinski definition) is 0. The van der Waals surface area contributed by atoms with Crippen molar-refractivity contribution < 1.29 is 26.8 Å². The van der Waals surface area contributed by atoms with E-state index >= 15 is 0 Å². The number of carbonyl (C=O) groups is 1. The molecule has 0 atom stereocenters. The van der Waals surface area contributed by atoms with Crippen molar-refractivity contribution in [3.63, 3.8) is 0 Å². The molecule has 8 nitrogen and oxygen atoms in total. The number of ether oxygens (including phenoxy) is 1. The fraction of sp³-hybridized carbons (Fsp3) is 0.308. The monoisotopic (exact) mass is 543 g/mol. The summed E-state index contributed by atoms with van der Waals surface area (Å²) in [6, 6.07) is 14.6. The number of fused-ring (bicyclic) bond motifs is 1. The molecule has 4 aromatic rings. The lowest BCUT2D eigenvalue weighted by molar-refractivity contribution is -0.123. The zero-order valence-electron chi connectivity index (χ0n) is 20.2. The summed E-state index contributed by atoms with van der Waals surface area (Å²) in [5.74, 6) is -0.0962. The van der Waals surface area contributed by atoms with Crippen molar-refractivity contribution in [1.82, 2.24) is 9.29 Å². The molecule has 0 spiro atoms. The fourth-order valence-electron chi connectivity index (χ4n) is 4.45. The second-order valence-electron chi connectivity index (χ2n) is 8.64. The number of anilines is 1. The lowest BCUT2D eigenvalue weighted by atomic mass is 9.96. The SMILES string of the molecule is CCOc1cccc2sc(N(Cc3ccco3)C(=O)C3CCN(S(=O)(=O)c4ccccc4F)CC3)nc12. The molecule has 0 unspecified atom stereocenters. The van der Waals surface area contributed by atoms with Crippen LogP contribution in [0.1, 0.15) is 25.5 Å². The zero-order valence-corrected chi connectivity index (χ0v) is 21.8. The summed E-state index contributed by atoms with van der Waals surface area (Å²) < 4.78 is 53.6. The molecule has 2 aromatic heterocycles. The third-order valence-corrected chi connectivity index (χ3v) is 9.29. The summed E-state index contributed by atoms with van der Waals surface area (Å²) in [6.45, 7) is 2.84. The standard InChI is InChI=1S/C26H26FN3O5S2/c1-2-34-21-9-5-10-22-24(21)28-26(36-22)30(17-19-7-6-16-35-19)25(31)18-12-14-29(15-13-18)37(32,33)23-11-4-3-8-20(23)27/h3-11,16,18H,2,12-15,17H2,1H3. The topological polar surface area (TPSA) is 93.0 Å². The van der Waals surface area contributed by atoms with Crippen molar-refractivity contribution >= 4 is 42.6 Å².